The summed E-state index contributed by atoms with van der Waals surface area (Å²) in [5.41, 5.74) is 1.28. The number of ketones is 1. The van der Waals surface area contributed by atoms with Gasteiger partial charge in [0, 0.05) is 5.56 Å². The molecule has 0 bridgehead atoms. The zero-order valence-corrected chi connectivity index (χ0v) is 17.1. The van der Waals surface area contributed by atoms with Crippen LogP contribution in [-0.4, -0.2) is 31.4 Å². The zero-order chi connectivity index (χ0) is 22.5. The predicted molar refractivity (Wildman–Crippen MR) is 116 cm³/mol. The molecule has 0 fully saturated rings. The average Bonchev–Trinajstić information content (AvgIpc) is 3.18. The van der Waals surface area contributed by atoms with Gasteiger partial charge in [-0.05, 0) is 35.9 Å². The minimum atomic E-state index is -0.684. The van der Waals surface area contributed by atoms with Crippen molar-refractivity contribution in [3.8, 4) is 11.5 Å². The van der Waals surface area contributed by atoms with Crippen molar-refractivity contribution < 1.29 is 28.2 Å². The van der Waals surface area contributed by atoms with Crippen LogP contribution in [0.5, 0.6) is 11.5 Å². The Morgan fingerprint density at radius 3 is 2.53 bits per heavy atom. The fourth-order valence-corrected chi connectivity index (χ4v) is 3.06. The highest BCUT2D eigenvalue weighted by atomic mass is 19.1. The highest BCUT2D eigenvalue weighted by Crippen LogP contribution is 2.30. The lowest BCUT2D eigenvalue weighted by Gasteiger charge is -2.11. The second-order valence-corrected chi connectivity index (χ2v) is 6.80. The third-order valence-electron chi connectivity index (χ3n) is 4.67. The number of carbonyl (C=O) groups is 2. The van der Waals surface area contributed by atoms with Crippen molar-refractivity contribution in [2.24, 2.45) is 4.99 Å². The largest absolute Gasteiger partial charge is 0.493 e. The van der Waals surface area contributed by atoms with E-state index in [4.69, 9.17) is 14.2 Å². The molecular weight excluding hydrogens is 413 g/mol. The number of cyclic esters (lactones) is 1. The summed E-state index contributed by atoms with van der Waals surface area (Å²) in [7, 11) is 1.47. The summed E-state index contributed by atoms with van der Waals surface area (Å²) in [6.45, 7) is -0.149. The maximum atomic E-state index is 14.0. The second-order valence-electron chi connectivity index (χ2n) is 6.80. The van der Waals surface area contributed by atoms with Crippen LogP contribution >= 0.6 is 0 Å². The third kappa shape index (κ3) is 4.57. The van der Waals surface area contributed by atoms with Gasteiger partial charge in [-0.3, -0.25) is 4.79 Å². The molecule has 0 unspecified atom stereocenters. The molecule has 1 aliphatic rings. The highest BCUT2D eigenvalue weighted by Gasteiger charge is 2.26. The molecule has 0 N–H and O–H groups in total. The van der Waals surface area contributed by atoms with Gasteiger partial charge in [-0.25, -0.2) is 14.2 Å². The normalized spacial score (nSPS) is 14.1. The number of nitrogens with zero attached hydrogens (tertiary/aromatic N) is 1. The monoisotopic (exact) mass is 431 g/mol. The molecule has 7 heteroatoms. The molecule has 0 aromatic heterocycles. The first-order chi connectivity index (χ1) is 15.5. The summed E-state index contributed by atoms with van der Waals surface area (Å²) in [6.07, 6.45) is 1.50. The van der Waals surface area contributed by atoms with Crippen molar-refractivity contribution in [3.63, 3.8) is 0 Å². The van der Waals surface area contributed by atoms with E-state index in [0.717, 1.165) is 0 Å². The van der Waals surface area contributed by atoms with E-state index in [-0.39, 0.29) is 29.5 Å². The summed E-state index contributed by atoms with van der Waals surface area (Å²) in [4.78, 5) is 28.6. The molecular formula is C25H18FNO5. The molecule has 1 heterocycles. The van der Waals surface area contributed by atoms with E-state index >= 15 is 0 Å². The molecule has 1 aliphatic heterocycles. The van der Waals surface area contributed by atoms with Crippen LogP contribution in [0.15, 0.2) is 83.5 Å². The lowest BCUT2D eigenvalue weighted by molar-refractivity contribution is -0.129. The Kier molecular flexibility index (Phi) is 6.07. The molecule has 0 amide bonds. The van der Waals surface area contributed by atoms with Crippen LogP contribution in [0.1, 0.15) is 21.5 Å². The second kappa shape index (κ2) is 9.26. The number of Topliss-reactive ketones (excluding diaryl/α,β-unsaturated/α-hetero) is 1. The van der Waals surface area contributed by atoms with Gasteiger partial charge in [-0.2, -0.15) is 0 Å². The molecule has 0 radical (unpaired) electrons. The van der Waals surface area contributed by atoms with E-state index in [1.165, 1.54) is 31.4 Å². The van der Waals surface area contributed by atoms with Crippen LogP contribution in [0, 0.1) is 5.82 Å². The molecule has 160 valence electrons. The van der Waals surface area contributed by atoms with E-state index in [9.17, 15) is 14.0 Å². The van der Waals surface area contributed by atoms with Crippen LogP contribution < -0.4 is 9.47 Å². The third-order valence-corrected chi connectivity index (χ3v) is 4.67. The minimum absolute atomic E-state index is 0.0261. The minimum Gasteiger partial charge on any atom is -0.493 e. The van der Waals surface area contributed by atoms with E-state index < -0.39 is 11.8 Å². The highest BCUT2D eigenvalue weighted by molar-refractivity contribution is 6.13. The standard InChI is InChI=1S/C25H18FNO5/c1-30-23-14-16(11-12-22(23)31-15-21(28)17-7-3-2-4-8-17)13-20-25(29)32-24(27-20)18-9-5-6-10-19(18)26/h2-14H,15H2,1H3/b20-13-. The quantitative estimate of drug-likeness (QED) is 0.314. The van der Waals surface area contributed by atoms with Crippen LogP contribution in [-0.2, 0) is 9.53 Å². The Labute approximate surface area is 183 Å². The molecule has 0 saturated heterocycles. The number of methoxy groups -OCH3 is 1. The van der Waals surface area contributed by atoms with E-state index in [0.29, 0.717) is 22.6 Å². The molecule has 0 aliphatic carbocycles. The number of ether oxygens (including phenoxy) is 3. The predicted octanol–water partition coefficient (Wildman–Crippen LogP) is 4.44. The molecule has 0 spiro atoms. The lowest BCUT2D eigenvalue weighted by atomic mass is 10.1. The van der Waals surface area contributed by atoms with Crippen molar-refractivity contribution in [3.05, 3.63) is 101 Å². The van der Waals surface area contributed by atoms with Crippen molar-refractivity contribution in [1.29, 1.82) is 0 Å². The van der Waals surface area contributed by atoms with Gasteiger partial charge in [0.1, 0.15) is 5.82 Å². The molecule has 4 rings (SSSR count). The number of rotatable bonds is 7. The SMILES string of the molecule is COc1cc(/C=C2\N=C(c3ccccc3F)OC2=O)ccc1OCC(=O)c1ccccc1. The summed E-state index contributed by atoms with van der Waals surface area (Å²) in [5.74, 6) is -0.717. The van der Waals surface area contributed by atoms with Crippen LogP contribution in [0.2, 0.25) is 0 Å². The van der Waals surface area contributed by atoms with E-state index in [1.54, 1.807) is 48.5 Å². The molecule has 0 atom stereocenters. The van der Waals surface area contributed by atoms with Gasteiger partial charge < -0.3 is 14.2 Å². The van der Waals surface area contributed by atoms with Gasteiger partial charge in [0.15, 0.2) is 29.6 Å². The number of aliphatic imine (C=N–C) groups is 1. The summed E-state index contributed by atoms with van der Waals surface area (Å²) in [6, 6.07) is 19.7. The molecule has 3 aromatic carbocycles. The fraction of sp³-hybridized carbons (Fsp3) is 0.0800. The Bertz CT molecular complexity index is 1230. The Balaban J connectivity index is 1.52. The van der Waals surface area contributed by atoms with E-state index in [1.807, 2.05) is 6.07 Å². The summed E-state index contributed by atoms with van der Waals surface area (Å²) >= 11 is 0. The van der Waals surface area contributed by atoms with Gasteiger partial charge in [-0.1, -0.05) is 48.5 Å². The number of carbonyl (C=O) groups excluding carboxylic acids is 2. The number of esters is 1. The molecule has 32 heavy (non-hydrogen) atoms. The first kappa shape index (κ1) is 21.0. The number of benzene rings is 3. The topological polar surface area (TPSA) is 74.2 Å². The lowest BCUT2D eigenvalue weighted by Crippen LogP contribution is -2.11. The maximum Gasteiger partial charge on any atom is 0.363 e. The number of hydrogen-bond acceptors (Lipinski definition) is 6. The smallest absolute Gasteiger partial charge is 0.363 e. The first-order valence-corrected chi connectivity index (χ1v) is 9.71. The number of hydrogen-bond donors (Lipinski definition) is 0. The average molecular weight is 431 g/mol. The van der Waals surface area contributed by atoms with Gasteiger partial charge in [0.25, 0.3) is 0 Å². The maximum absolute atomic E-state index is 14.0. The summed E-state index contributed by atoms with van der Waals surface area (Å²) < 4.78 is 30.0. The van der Waals surface area contributed by atoms with Crippen molar-refractivity contribution in [1.82, 2.24) is 0 Å². The van der Waals surface area contributed by atoms with Gasteiger partial charge >= 0.3 is 5.97 Å². The van der Waals surface area contributed by atoms with Crippen LogP contribution in [0.3, 0.4) is 0 Å². The van der Waals surface area contributed by atoms with Crippen molar-refractivity contribution in [2.45, 2.75) is 0 Å². The van der Waals surface area contributed by atoms with Crippen molar-refractivity contribution >= 4 is 23.7 Å². The van der Waals surface area contributed by atoms with E-state index in [2.05, 4.69) is 4.99 Å². The molecule has 6 nitrogen and oxygen atoms in total. The Morgan fingerprint density at radius 2 is 1.78 bits per heavy atom. The van der Waals surface area contributed by atoms with Crippen LogP contribution in [0.4, 0.5) is 4.39 Å². The Morgan fingerprint density at radius 1 is 1.03 bits per heavy atom. The zero-order valence-electron chi connectivity index (χ0n) is 17.1. The molecule has 0 saturated carbocycles. The Hall–Kier alpha value is -4.26. The van der Waals surface area contributed by atoms with Gasteiger partial charge in [0.05, 0.1) is 12.7 Å². The number of halogens is 1. The van der Waals surface area contributed by atoms with Gasteiger partial charge in [0.2, 0.25) is 5.90 Å². The summed E-state index contributed by atoms with van der Waals surface area (Å²) in [5, 5.41) is 0. The first-order valence-electron chi connectivity index (χ1n) is 9.71. The van der Waals surface area contributed by atoms with Crippen molar-refractivity contribution in [2.75, 3.05) is 13.7 Å². The van der Waals surface area contributed by atoms with Gasteiger partial charge in [-0.15, -0.1) is 0 Å². The fourth-order valence-electron chi connectivity index (χ4n) is 3.06. The molecule has 3 aromatic rings. The van der Waals surface area contributed by atoms with Crippen LogP contribution in [0.25, 0.3) is 6.08 Å².